The molecule has 1 saturated carbocycles. The summed E-state index contributed by atoms with van der Waals surface area (Å²) in [6.07, 6.45) is 5.23. The second kappa shape index (κ2) is 8.48. The van der Waals surface area contributed by atoms with Crippen LogP contribution in [0.25, 0.3) is 0 Å². The summed E-state index contributed by atoms with van der Waals surface area (Å²) >= 11 is 6.38. The molecule has 0 amide bonds. The highest BCUT2D eigenvalue weighted by Crippen LogP contribution is 2.46. The van der Waals surface area contributed by atoms with E-state index in [2.05, 4.69) is 11.1 Å². The zero-order chi connectivity index (χ0) is 24.3. The molecule has 1 aromatic heterocycles. The highest BCUT2D eigenvalue weighted by atomic mass is 35.5. The topological polar surface area (TPSA) is 122 Å². The van der Waals surface area contributed by atoms with Crippen LogP contribution in [0.3, 0.4) is 0 Å². The van der Waals surface area contributed by atoms with Gasteiger partial charge in [0.05, 0.1) is 18.3 Å². The summed E-state index contributed by atoms with van der Waals surface area (Å²) in [5, 5.41) is 15.7. The maximum Gasteiger partial charge on any atom is 0.347 e. The molecule has 0 bridgehead atoms. The van der Waals surface area contributed by atoms with Gasteiger partial charge in [0.15, 0.2) is 11.5 Å². The van der Waals surface area contributed by atoms with Gasteiger partial charge in [0.1, 0.15) is 24.9 Å². The van der Waals surface area contributed by atoms with Crippen molar-refractivity contribution in [2.75, 3.05) is 13.4 Å². The Labute approximate surface area is 204 Å². The average Bonchev–Trinajstić information content (AvgIpc) is 3.47. The molecule has 0 spiro atoms. The molecule has 0 radical (unpaired) electrons. The monoisotopic (exact) mass is 502 g/mol. The van der Waals surface area contributed by atoms with Crippen molar-refractivity contribution in [3.05, 3.63) is 43.7 Å². The van der Waals surface area contributed by atoms with E-state index in [1.807, 2.05) is 0 Å². The van der Waals surface area contributed by atoms with Gasteiger partial charge in [-0.3, -0.25) is 0 Å². The van der Waals surface area contributed by atoms with Crippen LogP contribution in [0.15, 0.2) is 26.9 Å². The van der Waals surface area contributed by atoms with Crippen LogP contribution >= 0.6 is 11.6 Å². The highest BCUT2D eigenvalue weighted by molar-refractivity contribution is 6.31. The van der Waals surface area contributed by atoms with Crippen LogP contribution in [0.1, 0.15) is 30.9 Å². The lowest BCUT2D eigenvalue weighted by Crippen LogP contribution is -2.53. The van der Waals surface area contributed by atoms with Crippen molar-refractivity contribution < 1.29 is 24.2 Å². The molecule has 0 unspecified atom stereocenters. The number of benzene rings is 1. The van der Waals surface area contributed by atoms with Crippen LogP contribution < -0.4 is 20.9 Å². The van der Waals surface area contributed by atoms with Crippen molar-refractivity contribution in [3.63, 3.8) is 0 Å². The second-order valence-corrected chi connectivity index (χ2v) is 9.38. The molecule has 1 N–H and O–H groups in total. The van der Waals surface area contributed by atoms with E-state index in [-0.39, 0.29) is 31.9 Å². The number of aliphatic hydroxyl groups is 1. The molecule has 1 aromatic carbocycles. The van der Waals surface area contributed by atoms with Crippen LogP contribution in [0, 0.1) is 18.3 Å². The smallest absolute Gasteiger partial charge is 0.347 e. The molecule has 2 aromatic rings. The average molecular weight is 503 g/mol. The molecule has 5 atom stereocenters. The lowest BCUT2D eigenvalue weighted by Gasteiger charge is -2.38. The fourth-order valence-electron chi connectivity index (χ4n) is 5.23. The zero-order valence-electron chi connectivity index (χ0n) is 18.6. The van der Waals surface area contributed by atoms with Gasteiger partial charge in [-0.25, -0.2) is 23.5 Å². The molecular weight excluding hydrogens is 480 g/mol. The SMILES string of the molecule is C#CCCCO/N=C1/[C@H]2O[C@@H]2[C@@H](O)[C@H]2[C@H]1CCn1c(=O)n(Cc3cc4c(cc3Cl)OCO4)c(=O)n12. The summed E-state index contributed by atoms with van der Waals surface area (Å²) in [5.41, 5.74) is 0.193. The lowest BCUT2D eigenvalue weighted by molar-refractivity contribution is 0.0323. The predicted octanol–water partition coefficient (Wildman–Crippen LogP) is 0.731. The van der Waals surface area contributed by atoms with Crippen molar-refractivity contribution in [1.82, 2.24) is 13.9 Å². The molecular formula is C23H23ClN4O7. The van der Waals surface area contributed by atoms with E-state index >= 15 is 0 Å². The minimum absolute atomic E-state index is 0.0462. The van der Waals surface area contributed by atoms with Crippen LogP contribution in [0.4, 0.5) is 0 Å². The van der Waals surface area contributed by atoms with E-state index in [1.54, 1.807) is 12.1 Å². The molecule has 1 saturated heterocycles. The van der Waals surface area contributed by atoms with Gasteiger partial charge in [-0.2, -0.15) is 0 Å². The standard InChI is InChI=1S/C23H23ClN4O7/c1-2-3-4-7-34-25-17-13-5-6-27-22(30)26(10-12-8-15-16(9-14(12)24)33-11-32-15)23(31)28(27)18(13)19(29)21-20(17)35-21/h1,8-9,13,18-21,29H,3-7,10-11H2/b25-17+/t13-,18+,19-,20+,21+/m0/s1. The minimum Gasteiger partial charge on any atom is -0.454 e. The maximum absolute atomic E-state index is 13.5. The molecule has 1 aliphatic carbocycles. The molecule has 12 heteroatoms. The van der Waals surface area contributed by atoms with E-state index < -0.39 is 29.6 Å². The Morgan fingerprint density at radius 2 is 2.06 bits per heavy atom. The molecule has 11 nitrogen and oxygen atoms in total. The Balaban J connectivity index is 1.33. The number of fused-ring (bicyclic) bond motifs is 5. The van der Waals surface area contributed by atoms with Crippen molar-refractivity contribution in [3.8, 4) is 23.8 Å². The summed E-state index contributed by atoms with van der Waals surface area (Å²) in [5.74, 6) is 3.27. The Bertz CT molecular complexity index is 1370. The van der Waals surface area contributed by atoms with Crippen molar-refractivity contribution in [2.24, 2.45) is 11.1 Å². The summed E-state index contributed by atoms with van der Waals surface area (Å²) in [6, 6.07) is 2.57. The largest absolute Gasteiger partial charge is 0.454 e. The number of terminal acetylenes is 1. The van der Waals surface area contributed by atoms with Crippen LogP contribution in [-0.4, -0.2) is 56.5 Å². The third kappa shape index (κ3) is 3.55. The van der Waals surface area contributed by atoms with Gasteiger partial charge >= 0.3 is 11.4 Å². The van der Waals surface area contributed by atoms with E-state index in [9.17, 15) is 14.7 Å². The van der Waals surface area contributed by atoms with Crippen molar-refractivity contribution in [1.29, 1.82) is 0 Å². The number of ether oxygens (including phenoxy) is 3. The summed E-state index contributed by atoms with van der Waals surface area (Å²) in [4.78, 5) is 32.2. The first-order chi connectivity index (χ1) is 17.0. The van der Waals surface area contributed by atoms with E-state index in [4.69, 9.17) is 37.1 Å². The number of nitrogens with zero attached hydrogens (tertiary/aromatic N) is 4. The van der Waals surface area contributed by atoms with Crippen molar-refractivity contribution in [2.45, 2.75) is 56.7 Å². The third-order valence-electron chi connectivity index (χ3n) is 6.97. The van der Waals surface area contributed by atoms with Gasteiger partial charge in [-0.15, -0.1) is 12.3 Å². The molecule has 4 heterocycles. The fourth-order valence-corrected chi connectivity index (χ4v) is 5.45. The molecule has 35 heavy (non-hydrogen) atoms. The fraction of sp³-hybridized carbons (Fsp3) is 0.522. The van der Waals surface area contributed by atoms with Gasteiger partial charge in [0.2, 0.25) is 6.79 Å². The number of epoxide rings is 1. The van der Waals surface area contributed by atoms with E-state index in [0.29, 0.717) is 53.7 Å². The number of aliphatic hydroxyl groups excluding tert-OH is 1. The second-order valence-electron chi connectivity index (χ2n) is 8.97. The zero-order valence-corrected chi connectivity index (χ0v) is 19.4. The van der Waals surface area contributed by atoms with Crippen molar-refractivity contribution >= 4 is 17.3 Å². The number of hydrogen-bond acceptors (Lipinski definition) is 8. The number of halogens is 1. The molecule has 4 aliphatic rings. The Kier molecular flexibility index (Phi) is 5.40. The first-order valence-corrected chi connectivity index (χ1v) is 11.8. The van der Waals surface area contributed by atoms with Crippen LogP contribution in [0.2, 0.25) is 5.02 Å². The molecule has 3 aliphatic heterocycles. The third-order valence-corrected chi connectivity index (χ3v) is 7.32. The lowest BCUT2D eigenvalue weighted by atomic mass is 9.78. The summed E-state index contributed by atoms with van der Waals surface area (Å²) in [6.45, 7) is 0.691. The van der Waals surface area contributed by atoms with Gasteiger partial charge in [0.25, 0.3) is 0 Å². The van der Waals surface area contributed by atoms with E-state index in [1.165, 1.54) is 9.36 Å². The number of unbranched alkanes of at least 4 members (excludes halogenated alkanes) is 1. The number of aromatic nitrogens is 3. The summed E-state index contributed by atoms with van der Waals surface area (Å²) in [7, 11) is 0. The molecule has 2 fully saturated rings. The molecule has 184 valence electrons. The van der Waals surface area contributed by atoms with Gasteiger partial charge in [0, 0.05) is 30.0 Å². The molecule has 6 rings (SSSR count). The first-order valence-electron chi connectivity index (χ1n) is 11.5. The predicted molar refractivity (Wildman–Crippen MR) is 123 cm³/mol. The quantitative estimate of drug-likeness (QED) is 0.267. The van der Waals surface area contributed by atoms with Gasteiger partial charge in [-0.1, -0.05) is 16.8 Å². The van der Waals surface area contributed by atoms with Crippen LogP contribution in [-0.2, 0) is 22.7 Å². The number of oxime groups is 1. The Hall–Kier alpha value is -3.20. The Morgan fingerprint density at radius 1 is 1.26 bits per heavy atom. The minimum atomic E-state index is -0.959. The number of rotatable bonds is 6. The Morgan fingerprint density at radius 3 is 2.86 bits per heavy atom. The maximum atomic E-state index is 13.5. The van der Waals surface area contributed by atoms with E-state index in [0.717, 1.165) is 4.57 Å². The van der Waals surface area contributed by atoms with Gasteiger partial charge < -0.3 is 24.2 Å². The first kappa shape index (κ1) is 22.3. The van der Waals surface area contributed by atoms with Gasteiger partial charge in [-0.05, 0) is 24.5 Å². The van der Waals surface area contributed by atoms with Crippen LogP contribution in [0.5, 0.6) is 11.5 Å². The highest BCUT2D eigenvalue weighted by Gasteiger charge is 2.61. The summed E-state index contributed by atoms with van der Waals surface area (Å²) < 4.78 is 20.2. The normalized spacial score (nSPS) is 28.7. The number of hydrogen-bond donors (Lipinski definition) is 1.